The second-order valence-corrected chi connectivity index (χ2v) is 5.69. The Balaban J connectivity index is 2.90. The first-order chi connectivity index (χ1) is 8.42. The SMILES string of the molecule is CCNCc1ccc(N(C)C(C)(C)CC)cc1Cl. The Hall–Kier alpha value is -0.730. The van der Waals surface area contributed by atoms with Crippen LogP contribution in [-0.2, 0) is 6.54 Å². The van der Waals surface area contributed by atoms with Gasteiger partial charge in [-0.1, -0.05) is 31.5 Å². The van der Waals surface area contributed by atoms with E-state index in [4.69, 9.17) is 11.6 Å². The lowest BCUT2D eigenvalue weighted by atomic mass is 9.99. The van der Waals surface area contributed by atoms with E-state index in [0.717, 1.165) is 30.1 Å². The van der Waals surface area contributed by atoms with Crippen molar-refractivity contribution in [3.05, 3.63) is 28.8 Å². The first-order valence-electron chi connectivity index (χ1n) is 6.65. The Morgan fingerprint density at radius 2 is 1.94 bits per heavy atom. The number of rotatable bonds is 6. The highest BCUT2D eigenvalue weighted by molar-refractivity contribution is 6.31. The van der Waals surface area contributed by atoms with Gasteiger partial charge in [-0.2, -0.15) is 0 Å². The van der Waals surface area contributed by atoms with Gasteiger partial charge in [0.05, 0.1) is 0 Å². The maximum atomic E-state index is 6.34. The normalized spacial score (nSPS) is 11.7. The van der Waals surface area contributed by atoms with Crippen molar-refractivity contribution in [1.82, 2.24) is 5.32 Å². The molecule has 0 fully saturated rings. The van der Waals surface area contributed by atoms with Crippen LogP contribution in [0.25, 0.3) is 0 Å². The van der Waals surface area contributed by atoms with Crippen molar-refractivity contribution in [3.8, 4) is 0 Å². The van der Waals surface area contributed by atoms with E-state index in [2.05, 4.69) is 63.2 Å². The highest BCUT2D eigenvalue weighted by atomic mass is 35.5. The molecule has 0 atom stereocenters. The number of hydrogen-bond acceptors (Lipinski definition) is 2. The summed E-state index contributed by atoms with van der Waals surface area (Å²) in [6, 6.07) is 6.32. The van der Waals surface area contributed by atoms with E-state index in [1.165, 1.54) is 5.69 Å². The molecule has 1 N–H and O–H groups in total. The Morgan fingerprint density at radius 3 is 2.44 bits per heavy atom. The van der Waals surface area contributed by atoms with E-state index in [1.807, 2.05) is 0 Å². The third kappa shape index (κ3) is 3.63. The largest absolute Gasteiger partial charge is 0.369 e. The Bertz CT molecular complexity index is 388. The van der Waals surface area contributed by atoms with Crippen LogP contribution in [0.15, 0.2) is 18.2 Å². The van der Waals surface area contributed by atoms with Crippen LogP contribution >= 0.6 is 11.6 Å². The van der Waals surface area contributed by atoms with Crippen LogP contribution in [0.5, 0.6) is 0 Å². The molecule has 0 bridgehead atoms. The number of anilines is 1. The zero-order valence-corrected chi connectivity index (χ0v) is 12.9. The molecule has 0 aromatic heterocycles. The van der Waals surface area contributed by atoms with Crippen molar-refractivity contribution in [2.24, 2.45) is 0 Å². The number of nitrogens with zero attached hydrogens (tertiary/aromatic N) is 1. The van der Waals surface area contributed by atoms with Crippen molar-refractivity contribution in [1.29, 1.82) is 0 Å². The summed E-state index contributed by atoms with van der Waals surface area (Å²) >= 11 is 6.34. The van der Waals surface area contributed by atoms with Gasteiger partial charge in [0.1, 0.15) is 0 Å². The molecule has 0 amide bonds. The third-order valence-electron chi connectivity index (χ3n) is 3.76. The number of hydrogen-bond donors (Lipinski definition) is 1. The zero-order chi connectivity index (χ0) is 13.8. The molecule has 2 nitrogen and oxygen atoms in total. The Morgan fingerprint density at radius 1 is 1.28 bits per heavy atom. The van der Waals surface area contributed by atoms with Crippen LogP contribution in [0.4, 0.5) is 5.69 Å². The Kier molecular flexibility index (Phi) is 5.48. The molecule has 0 heterocycles. The molecule has 1 aromatic rings. The molecule has 1 aromatic carbocycles. The van der Waals surface area contributed by atoms with Gasteiger partial charge in [-0.25, -0.2) is 0 Å². The van der Waals surface area contributed by atoms with Crippen LogP contribution in [0, 0.1) is 0 Å². The van der Waals surface area contributed by atoms with E-state index in [9.17, 15) is 0 Å². The molecule has 18 heavy (non-hydrogen) atoms. The van der Waals surface area contributed by atoms with Crippen molar-refractivity contribution >= 4 is 17.3 Å². The molecular weight excluding hydrogens is 244 g/mol. The number of nitrogens with one attached hydrogen (secondary N) is 1. The summed E-state index contributed by atoms with van der Waals surface area (Å²) < 4.78 is 0. The lowest BCUT2D eigenvalue weighted by Gasteiger charge is -2.37. The highest BCUT2D eigenvalue weighted by Gasteiger charge is 2.21. The summed E-state index contributed by atoms with van der Waals surface area (Å²) in [5.41, 5.74) is 2.48. The predicted octanol–water partition coefficient (Wildman–Crippen LogP) is 4.07. The van der Waals surface area contributed by atoms with Gasteiger partial charge in [-0.15, -0.1) is 0 Å². The molecule has 3 heteroatoms. The maximum Gasteiger partial charge on any atom is 0.0471 e. The summed E-state index contributed by atoms with van der Waals surface area (Å²) in [6.07, 6.45) is 1.10. The molecule has 0 aliphatic carbocycles. The molecule has 1 rings (SSSR count). The summed E-state index contributed by atoms with van der Waals surface area (Å²) in [4.78, 5) is 2.29. The lowest BCUT2D eigenvalue weighted by Crippen LogP contribution is -2.40. The van der Waals surface area contributed by atoms with Gasteiger partial charge in [0.25, 0.3) is 0 Å². The smallest absolute Gasteiger partial charge is 0.0471 e. The summed E-state index contributed by atoms with van der Waals surface area (Å²) in [5.74, 6) is 0. The Labute approximate surface area is 116 Å². The lowest BCUT2D eigenvalue weighted by molar-refractivity contribution is 0.471. The first kappa shape index (κ1) is 15.3. The van der Waals surface area contributed by atoms with Crippen LogP contribution in [0.3, 0.4) is 0 Å². The van der Waals surface area contributed by atoms with Gasteiger partial charge >= 0.3 is 0 Å². The van der Waals surface area contributed by atoms with Crippen LogP contribution in [-0.4, -0.2) is 19.1 Å². The van der Waals surface area contributed by atoms with Crippen molar-refractivity contribution in [2.45, 2.75) is 46.2 Å². The molecule has 0 saturated heterocycles. The molecule has 0 aliphatic rings. The quantitative estimate of drug-likeness (QED) is 0.837. The minimum atomic E-state index is 0.145. The van der Waals surface area contributed by atoms with E-state index < -0.39 is 0 Å². The van der Waals surface area contributed by atoms with Crippen LogP contribution in [0.2, 0.25) is 5.02 Å². The van der Waals surface area contributed by atoms with E-state index in [1.54, 1.807) is 0 Å². The minimum Gasteiger partial charge on any atom is -0.369 e. The van der Waals surface area contributed by atoms with Gasteiger partial charge in [0.15, 0.2) is 0 Å². The van der Waals surface area contributed by atoms with Crippen LogP contribution in [0.1, 0.15) is 39.7 Å². The number of halogens is 1. The van der Waals surface area contributed by atoms with Gasteiger partial charge in [-0.3, -0.25) is 0 Å². The molecule has 0 radical (unpaired) electrons. The summed E-state index contributed by atoms with van der Waals surface area (Å²) in [6.45, 7) is 10.6. The van der Waals surface area contributed by atoms with E-state index >= 15 is 0 Å². The van der Waals surface area contributed by atoms with Crippen molar-refractivity contribution in [3.63, 3.8) is 0 Å². The fourth-order valence-electron chi connectivity index (χ4n) is 1.73. The molecule has 0 spiro atoms. The van der Waals surface area contributed by atoms with Gasteiger partial charge < -0.3 is 10.2 Å². The highest BCUT2D eigenvalue weighted by Crippen LogP contribution is 2.28. The molecule has 0 aliphatic heterocycles. The standard InChI is InChI=1S/C15H25ClN2/c1-6-15(3,4)18(5)13-9-8-12(11-17-7-2)14(16)10-13/h8-10,17H,6-7,11H2,1-5H3. The first-order valence-corrected chi connectivity index (χ1v) is 7.03. The molecule has 0 saturated carbocycles. The fourth-order valence-corrected chi connectivity index (χ4v) is 1.98. The van der Waals surface area contributed by atoms with Gasteiger partial charge in [-0.05, 0) is 44.5 Å². The zero-order valence-electron chi connectivity index (χ0n) is 12.2. The molecule has 102 valence electrons. The average molecular weight is 269 g/mol. The fraction of sp³-hybridized carbons (Fsp3) is 0.600. The van der Waals surface area contributed by atoms with Crippen LogP contribution < -0.4 is 10.2 Å². The second-order valence-electron chi connectivity index (χ2n) is 5.28. The summed E-state index contributed by atoms with van der Waals surface area (Å²) in [5, 5.41) is 4.14. The van der Waals surface area contributed by atoms with Crippen molar-refractivity contribution in [2.75, 3.05) is 18.5 Å². The maximum absolute atomic E-state index is 6.34. The number of benzene rings is 1. The van der Waals surface area contributed by atoms with Gasteiger partial charge in [0.2, 0.25) is 0 Å². The van der Waals surface area contributed by atoms with E-state index in [0.29, 0.717) is 0 Å². The average Bonchev–Trinajstić information content (AvgIpc) is 2.36. The molecule has 0 unspecified atom stereocenters. The topological polar surface area (TPSA) is 15.3 Å². The second kappa shape index (κ2) is 6.44. The van der Waals surface area contributed by atoms with Gasteiger partial charge in [0, 0.05) is 29.8 Å². The molecular formula is C15H25ClN2. The van der Waals surface area contributed by atoms with E-state index in [-0.39, 0.29) is 5.54 Å². The monoisotopic (exact) mass is 268 g/mol. The van der Waals surface area contributed by atoms with Crippen molar-refractivity contribution < 1.29 is 0 Å². The predicted molar refractivity (Wildman–Crippen MR) is 81.6 cm³/mol. The third-order valence-corrected chi connectivity index (χ3v) is 4.11. The summed E-state index contributed by atoms with van der Waals surface area (Å²) in [7, 11) is 2.12. The minimum absolute atomic E-state index is 0.145.